The third kappa shape index (κ3) is 6.18. The van der Waals surface area contributed by atoms with Crippen LogP contribution in [0.25, 0.3) is 0 Å². The van der Waals surface area contributed by atoms with Crippen LogP contribution in [0, 0.1) is 0 Å². The molecule has 0 spiro atoms. The van der Waals surface area contributed by atoms with Gasteiger partial charge in [0.15, 0.2) is 0 Å². The van der Waals surface area contributed by atoms with Gasteiger partial charge >= 0.3 is 6.18 Å². The summed E-state index contributed by atoms with van der Waals surface area (Å²) in [5.74, 6) is -0.911. The smallest absolute Gasteiger partial charge is 0.324 e. The minimum Gasteiger partial charge on any atom is -0.324 e. The van der Waals surface area contributed by atoms with Gasteiger partial charge in [0.25, 0.3) is 0 Å². The van der Waals surface area contributed by atoms with Crippen molar-refractivity contribution in [1.29, 1.82) is 0 Å². The Morgan fingerprint density at radius 3 is 2.12 bits per heavy atom. The van der Waals surface area contributed by atoms with E-state index in [-0.39, 0.29) is 11.3 Å². The van der Waals surface area contributed by atoms with E-state index in [9.17, 15) is 26.4 Å². The van der Waals surface area contributed by atoms with Crippen LogP contribution in [0.4, 0.5) is 18.9 Å². The highest BCUT2D eigenvalue weighted by atomic mass is 79.9. The van der Waals surface area contributed by atoms with E-state index in [1.165, 1.54) is 36.4 Å². The van der Waals surface area contributed by atoms with E-state index in [0.717, 1.165) is 12.1 Å². The molecule has 3 rings (SSSR count). The highest BCUT2D eigenvalue weighted by Gasteiger charge is 2.34. The molecule has 168 valence electrons. The van der Waals surface area contributed by atoms with Gasteiger partial charge in [0.05, 0.1) is 16.1 Å². The molecule has 0 saturated carbocycles. The Hall–Kier alpha value is -2.69. The molecule has 0 heterocycles. The summed E-state index contributed by atoms with van der Waals surface area (Å²) in [7, 11) is -4.13. The van der Waals surface area contributed by atoms with E-state index in [0.29, 0.717) is 10.0 Å². The minimum atomic E-state index is -4.68. The van der Waals surface area contributed by atoms with E-state index in [2.05, 4.69) is 26.0 Å². The molecule has 0 aromatic heterocycles. The number of nitrogens with one attached hydrogen (secondary N) is 2. The third-order valence-electron chi connectivity index (χ3n) is 4.51. The van der Waals surface area contributed by atoms with Crippen molar-refractivity contribution in [2.24, 2.45) is 0 Å². The largest absolute Gasteiger partial charge is 0.418 e. The molecule has 3 aromatic carbocycles. The molecule has 0 saturated heterocycles. The number of hydrogen-bond donors (Lipinski definition) is 2. The summed E-state index contributed by atoms with van der Waals surface area (Å²) < 4.78 is 68.6. The summed E-state index contributed by atoms with van der Waals surface area (Å²) in [6, 6.07) is 17.5. The predicted octanol–water partition coefficient (Wildman–Crippen LogP) is 5.00. The molecule has 2 N–H and O–H groups in total. The van der Waals surface area contributed by atoms with Crippen LogP contribution in [0.15, 0.2) is 88.2 Å². The number of alkyl halides is 3. The molecular weight excluding hydrogens is 509 g/mol. The molecular formula is C22H18BrF3N2O3S. The molecule has 1 amide bonds. The molecule has 10 heteroatoms. The number of halogens is 4. The van der Waals surface area contributed by atoms with Crippen molar-refractivity contribution in [2.75, 3.05) is 5.32 Å². The zero-order valence-corrected chi connectivity index (χ0v) is 18.8. The van der Waals surface area contributed by atoms with Gasteiger partial charge in [-0.3, -0.25) is 4.79 Å². The number of anilines is 1. The molecule has 0 aliphatic rings. The SMILES string of the molecule is O=C(Nc1ccccc1C(F)(F)F)[C@H](Cc1ccccc1)NS(=O)(=O)c1ccc(Br)cc1. The molecule has 0 aliphatic carbocycles. The van der Waals surface area contributed by atoms with Crippen molar-refractivity contribution in [3.05, 3.63) is 94.5 Å². The van der Waals surface area contributed by atoms with E-state index in [1.54, 1.807) is 30.3 Å². The highest BCUT2D eigenvalue weighted by molar-refractivity contribution is 9.10. The summed E-state index contributed by atoms with van der Waals surface area (Å²) in [6.45, 7) is 0. The molecule has 0 radical (unpaired) electrons. The van der Waals surface area contributed by atoms with Gasteiger partial charge in [0, 0.05) is 4.47 Å². The van der Waals surface area contributed by atoms with Crippen molar-refractivity contribution >= 4 is 37.5 Å². The quantitative estimate of drug-likeness (QED) is 0.455. The fraction of sp³-hybridized carbons (Fsp3) is 0.136. The number of rotatable bonds is 7. The summed E-state index contributed by atoms with van der Waals surface area (Å²) in [6.07, 6.45) is -4.74. The molecule has 0 unspecified atom stereocenters. The molecule has 32 heavy (non-hydrogen) atoms. The second-order valence-electron chi connectivity index (χ2n) is 6.85. The van der Waals surface area contributed by atoms with Crippen LogP contribution in [0.3, 0.4) is 0 Å². The Morgan fingerprint density at radius 1 is 0.906 bits per heavy atom. The average molecular weight is 527 g/mol. The number of sulfonamides is 1. The van der Waals surface area contributed by atoms with Crippen molar-refractivity contribution in [3.63, 3.8) is 0 Å². The van der Waals surface area contributed by atoms with Crippen LogP contribution < -0.4 is 10.0 Å². The number of benzene rings is 3. The van der Waals surface area contributed by atoms with Gasteiger partial charge in [-0.25, -0.2) is 8.42 Å². The number of hydrogen-bond acceptors (Lipinski definition) is 3. The number of amides is 1. The third-order valence-corrected chi connectivity index (χ3v) is 6.53. The number of carbonyl (C=O) groups excluding carboxylic acids is 1. The second kappa shape index (κ2) is 9.85. The maximum Gasteiger partial charge on any atom is 0.418 e. The van der Waals surface area contributed by atoms with Gasteiger partial charge < -0.3 is 5.32 Å². The topological polar surface area (TPSA) is 75.3 Å². The lowest BCUT2D eigenvalue weighted by Crippen LogP contribution is -2.45. The van der Waals surface area contributed by atoms with E-state index in [4.69, 9.17) is 0 Å². The van der Waals surface area contributed by atoms with E-state index >= 15 is 0 Å². The lowest BCUT2D eigenvalue weighted by molar-refractivity contribution is -0.137. The summed E-state index contributed by atoms with van der Waals surface area (Å²) >= 11 is 3.22. The Kier molecular flexibility index (Phi) is 7.37. The lowest BCUT2D eigenvalue weighted by Gasteiger charge is -2.20. The van der Waals surface area contributed by atoms with Crippen molar-refractivity contribution < 1.29 is 26.4 Å². The van der Waals surface area contributed by atoms with Crippen LogP contribution in [0.5, 0.6) is 0 Å². The van der Waals surface area contributed by atoms with Gasteiger partial charge in [0.2, 0.25) is 15.9 Å². The molecule has 0 aliphatic heterocycles. The molecule has 1 atom stereocenters. The first-order valence-corrected chi connectivity index (χ1v) is 11.6. The zero-order chi connectivity index (χ0) is 23.4. The van der Waals surface area contributed by atoms with Gasteiger partial charge in [-0.1, -0.05) is 58.4 Å². The zero-order valence-electron chi connectivity index (χ0n) is 16.4. The fourth-order valence-electron chi connectivity index (χ4n) is 2.97. The van der Waals surface area contributed by atoms with Gasteiger partial charge in [0.1, 0.15) is 6.04 Å². The van der Waals surface area contributed by atoms with Crippen molar-refractivity contribution in [3.8, 4) is 0 Å². The Balaban J connectivity index is 1.91. The minimum absolute atomic E-state index is 0.0589. The Labute approximate surface area is 191 Å². The van der Waals surface area contributed by atoms with Crippen LogP contribution in [0.2, 0.25) is 0 Å². The van der Waals surface area contributed by atoms with Crippen LogP contribution >= 0.6 is 15.9 Å². The molecule has 0 fully saturated rings. The summed E-state index contributed by atoms with van der Waals surface area (Å²) in [5, 5.41) is 2.23. The molecule has 5 nitrogen and oxygen atoms in total. The first-order chi connectivity index (χ1) is 15.1. The highest BCUT2D eigenvalue weighted by Crippen LogP contribution is 2.34. The Morgan fingerprint density at radius 2 is 1.50 bits per heavy atom. The monoisotopic (exact) mass is 526 g/mol. The van der Waals surface area contributed by atoms with Crippen LogP contribution in [0.1, 0.15) is 11.1 Å². The first kappa shape index (κ1) is 24.0. The second-order valence-corrected chi connectivity index (χ2v) is 9.48. The van der Waals surface area contributed by atoms with Crippen molar-refractivity contribution in [1.82, 2.24) is 4.72 Å². The van der Waals surface area contributed by atoms with Crippen LogP contribution in [-0.2, 0) is 27.4 Å². The molecule has 0 bridgehead atoms. The van der Waals surface area contributed by atoms with E-state index < -0.39 is 39.4 Å². The summed E-state index contributed by atoms with van der Waals surface area (Å²) in [5.41, 5.74) is -0.844. The average Bonchev–Trinajstić information content (AvgIpc) is 2.74. The van der Waals surface area contributed by atoms with Gasteiger partial charge in [-0.2, -0.15) is 17.9 Å². The normalized spacial score (nSPS) is 12.9. The van der Waals surface area contributed by atoms with E-state index in [1.807, 2.05) is 0 Å². The standard InChI is InChI=1S/C22H18BrF3N2O3S/c23-16-10-12-17(13-11-16)32(30,31)28-20(14-15-6-2-1-3-7-15)21(29)27-19-9-5-4-8-18(19)22(24,25)26/h1-13,20,28H,14H2,(H,27,29)/t20-/m0/s1. The maximum atomic E-state index is 13.3. The maximum absolute atomic E-state index is 13.3. The Bertz CT molecular complexity index is 1190. The van der Waals surface area contributed by atoms with Crippen molar-refractivity contribution in [2.45, 2.75) is 23.5 Å². The van der Waals surface area contributed by atoms with Gasteiger partial charge in [-0.15, -0.1) is 0 Å². The number of carbonyl (C=O) groups is 1. The molecule has 3 aromatic rings. The first-order valence-electron chi connectivity index (χ1n) is 9.35. The summed E-state index contributed by atoms with van der Waals surface area (Å²) in [4.78, 5) is 12.9. The fourth-order valence-corrected chi connectivity index (χ4v) is 4.43. The van der Waals surface area contributed by atoms with Gasteiger partial charge in [-0.05, 0) is 48.4 Å². The number of para-hydroxylation sites is 1. The van der Waals surface area contributed by atoms with Crippen LogP contribution in [-0.4, -0.2) is 20.4 Å². The predicted molar refractivity (Wildman–Crippen MR) is 118 cm³/mol. The lowest BCUT2D eigenvalue weighted by atomic mass is 10.1.